The van der Waals surface area contributed by atoms with Gasteiger partial charge in [-0.3, -0.25) is 0 Å². The largest absolute Gasteiger partial charge is 0.721 e. The Hall–Kier alpha value is -2.32. The summed E-state index contributed by atoms with van der Waals surface area (Å²) in [5, 5.41) is 10.9. The summed E-state index contributed by atoms with van der Waals surface area (Å²) in [6.07, 6.45) is 0.395. The number of rotatable bonds is 5. The van der Waals surface area contributed by atoms with Crippen LogP contribution in [0.15, 0.2) is 65.1 Å². The zero-order chi connectivity index (χ0) is 18.0. The van der Waals surface area contributed by atoms with Crippen molar-refractivity contribution in [1.29, 1.82) is 0 Å². The molecule has 6 nitrogen and oxygen atoms in total. The van der Waals surface area contributed by atoms with Gasteiger partial charge in [0.05, 0.1) is 11.1 Å². The second-order valence-electron chi connectivity index (χ2n) is 5.52. The number of hydrogen-bond donors (Lipinski definition) is 0. The molecular weight excluding hydrogens is 342 g/mol. The molecule has 0 amide bonds. The lowest BCUT2D eigenvalue weighted by atomic mass is 10.0. The average molecular weight is 359 g/mol. The van der Waals surface area contributed by atoms with Crippen LogP contribution in [-0.4, -0.2) is 32.0 Å². The summed E-state index contributed by atoms with van der Waals surface area (Å²) < 4.78 is 32.3. The molecule has 2 aromatic rings. The van der Waals surface area contributed by atoms with E-state index in [9.17, 15) is 13.7 Å². The molecule has 0 aromatic heterocycles. The van der Waals surface area contributed by atoms with Gasteiger partial charge in [0, 0.05) is 13.2 Å². The lowest BCUT2D eigenvalue weighted by Gasteiger charge is -2.20. The van der Waals surface area contributed by atoms with Crippen molar-refractivity contribution in [2.45, 2.75) is 18.1 Å². The van der Waals surface area contributed by atoms with Crippen molar-refractivity contribution in [3.63, 3.8) is 0 Å². The highest BCUT2D eigenvalue weighted by Gasteiger charge is 2.38. The predicted molar refractivity (Wildman–Crippen MR) is 90.5 cm³/mol. The molecule has 0 spiro atoms. The highest BCUT2D eigenvalue weighted by atomic mass is 32.2. The molecule has 130 valence electrons. The topological polar surface area (TPSA) is 78.7 Å². The van der Waals surface area contributed by atoms with Gasteiger partial charge in [0.1, 0.15) is 4.90 Å². The molecule has 3 rings (SSSR count). The number of para-hydroxylation sites is 1. The fourth-order valence-electron chi connectivity index (χ4n) is 2.78. The summed E-state index contributed by atoms with van der Waals surface area (Å²) in [4.78, 5) is 4.26. The monoisotopic (exact) mass is 359 g/mol. The number of methoxy groups -OCH3 is 1. The average Bonchev–Trinajstić information content (AvgIpc) is 3.04. The number of hydrogen-bond acceptors (Lipinski definition) is 5. The summed E-state index contributed by atoms with van der Waals surface area (Å²) in [7, 11) is -2.42. The second kappa shape index (κ2) is 6.89. The van der Waals surface area contributed by atoms with Gasteiger partial charge in [0.2, 0.25) is 5.69 Å². The number of benzene rings is 2. The maximum absolute atomic E-state index is 13.0. The Morgan fingerprint density at radius 2 is 1.72 bits per heavy atom. The van der Waals surface area contributed by atoms with E-state index in [0.717, 1.165) is 0 Å². The first-order chi connectivity index (χ1) is 12.0. The van der Waals surface area contributed by atoms with Gasteiger partial charge in [-0.2, -0.15) is 8.42 Å². The Labute approximate surface area is 146 Å². The fourth-order valence-corrected chi connectivity index (χ4v) is 4.17. The molecule has 0 fully saturated rings. The van der Waals surface area contributed by atoms with Gasteiger partial charge in [0.25, 0.3) is 0 Å². The van der Waals surface area contributed by atoms with Crippen LogP contribution in [0.25, 0.3) is 5.57 Å². The van der Waals surface area contributed by atoms with E-state index in [1.54, 1.807) is 61.5 Å². The van der Waals surface area contributed by atoms with E-state index in [1.807, 2.05) is 0 Å². The highest BCUT2D eigenvalue weighted by molar-refractivity contribution is 7.85. The van der Waals surface area contributed by atoms with Gasteiger partial charge in [-0.15, -0.1) is 0 Å². The van der Waals surface area contributed by atoms with Crippen molar-refractivity contribution in [1.82, 2.24) is 0 Å². The van der Waals surface area contributed by atoms with Gasteiger partial charge in [-0.1, -0.05) is 34.3 Å². The normalized spacial score (nSPS) is 17.0. The first kappa shape index (κ1) is 17.5. The van der Waals surface area contributed by atoms with Gasteiger partial charge in [0.15, 0.2) is 12.5 Å². The predicted octanol–water partition coefficient (Wildman–Crippen LogP) is 1.84. The molecule has 0 radical (unpaired) electrons. The fraction of sp³-hybridized carbons (Fsp3) is 0.167. The molecule has 1 aliphatic rings. The van der Waals surface area contributed by atoms with Gasteiger partial charge < -0.3 is 14.9 Å². The van der Waals surface area contributed by atoms with E-state index in [0.29, 0.717) is 22.4 Å². The van der Waals surface area contributed by atoms with Crippen LogP contribution in [0.4, 0.5) is 5.69 Å². The zero-order valence-corrected chi connectivity index (χ0v) is 14.6. The van der Waals surface area contributed by atoms with Crippen LogP contribution < -0.4 is 5.26 Å². The summed E-state index contributed by atoms with van der Waals surface area (Å²) in [5.74, 6) is 0. The van der Waals surface area contributed by atoms with Crippen molar-refractivity contribution in [2.75, 3.05) is 7.11 Å². The third-order valence-electron chi connectivity index (χ3n) is 4.06. The van der Waals surface area contributed by atoms with Gasteiger partial charge in [-0.25, -0.2) is 0 Å². The standard InChI is InChI=1S/C18H17NO5S/c1-13(18(23-2)24-20)16-12-19(17-11-7-6-10-15(16)17)25(21,22)14-8-4-3-5-9-14/h3-12,18H,1-2H3/b16-13+. The number of ether oxygens (including phenoxy) is 1. The van der Waals surface area contributed by atoms with Crippen LogP contribution in [0.1, 0.15) is 12.5 Å². The number of fused-ring (bicyclic) bond motifs is 1. The van der Waals surface area contributed by atoms with Crippen LogP contribution >= 0.6 is 0 Å². The van der Waals surface area contributed by atoms with Crippen LogP contribution in [0.3, 0.4) is 0 Å². The SMILES string of the molecule is COC(O[O-])/C(C)=C1\C=[N+](S(=O)(=O)c2ccccc2)c2ccccc21. The summed E-state index contributed by atoms with van der Waals surface area (Å²) in [6, 6.07) is 15.2. The smallest absolute Gasteiger partial charge is 0.400 e. The maximum Gasteiger partial charge on any atom is 0.400 e. The number of allylic oxidation sites excluding steroid dienone is 1. The first-order valence-electron chi connectivity index (χ1n) is 7.56. The van der Waals surface area contributed by atoms with Crippen LogP contribution in [0, 0.1) is 0 Å². The minimum absolute atomic E-state index is 0.184. The number of nitrogens with zero attached hydrogens (tertiary/aromatic N) is 1. The molecule has 1 heterocycles. The van der Waals surface area contributed by atoms with E-state index >= 15 is 0 Å². The van der Waals surface area contributed by atoms with Crippen LogP contribution in [0.2, 0.25) is 0 Å². The van der Waals surface area contributed by atoms with Crippen molar-refractivity contribution >= 4 is 27.5 Å². The first-order valence-corrected chi connectivity index (χ1v) is 9.00. The van der Waals surface area contributed by atoms with Crippen molar-refractivity contribution in [3.05, 3.63) is 65.7 Å². The van der Waals surface area contributed by atoms with E-state index in [2.05, 4.69) is 4.89 Å². The third kappa shape index (κ3) is 3.03. The van der Waals surface area contributed by atoms with Crippen LogP contribution in [-0.2, 0) is 19.6 Å². The minimum atomic E-state index is -3.77. The number of sulfonamides is 1. The van der Waals surface area contributed by atoms with Crippen molar-refractivity contribution in [2.24, 2.45) is 0 Å². The van der Waals surface area contributed by atoms with E-state index < -0.39 is 16.3 Å². The molecule has 0 N–H and O–H groups in total. The molecule has 1 aliphatic heterocycles. The second-order valence-corrected chi connectivity index (χ2v) is 7.34. The lowest BCUT2D eigenvalue weighted by Crippen LogP contribution is -2.24. The quantitative estimate of drug-likeness (QED) is 0.352. The molecule has 2 aromatic carbocycles. The van der Waals surface area contributed by atoms with Crippen molar-refractivity contribution < 1.29 is 27.3 Å². The highest BCUT2D eigenvalue weighted by Crippen LogP contribution is 2.36. The Morgan fingerprint density at radius 3 is 2.36 bits per heavy atom. The van der Waals surface area contributed by atoms with Gasteiger partial charge in [-0.05, 0) is 30.7 Å². The summed E-state index contributed by atoms with van der Waals surface area (Å²) in [5.41, 5.74) is 2.29. The molecular formula is C18H17NO5S. The Kier molecular flexibility index (Phi) is 4.82. The van der Waals surface area contributed by atoms with Gasteiger partial charge >= 0.3 is 10.0 Å². The molecule has 1 unspecified atom stereocenters. The molecule has 7 heteroatoms. The van der Waals surface area contributed by atoms with E-state index in [1.165, 1.54) is 17.3 Å². The Bertz CT molecular complexity index is 944. The lowest BCUT2D eigenvalue weighted by molar-refractivity contribution is -0.713. The van der Waals surface area contributed by atoms with E-state index in [4.69, 9.17) is 4.74 Å². The summed E-state index contributed by atoms with van der Waals surface area (Å²) >= 11 is 0. The molecule has 1 atom stereocenters. The van der Waals surface area contributed by atoms with Crippen molar-refractivity contribution in [3.8, 4) is 0 Å². The Balaban J connectivity index is 2.22. The Morgan fingerprint density at radius 1 is 1.08 bits per heavy atom. The van der Waals surface area contributed by atoms with E-state index in [-0.39, 0.29) is 4.90 Å². The van der Waals surface area contributed by atoms with Crippen LogP contribution in [0.5, 0.6) is 0 Å². The summed E-state index contributed by atoms with van der Waals surface area (Å²) in [6.45, 7) is 1.67. The third-order valence-corrected chi connectivity index (χ3v) is 5.75. The minimum Gasteiger partial charge on any atom is -0.721 e. The molecule has 25 heavy (non-hydrogen) atoms. The molecule has 0 bridgehead atoms. The molecule has 0 saturated carbocycles. The maximum atomic E-state index is 13.0. The zero-order valence-electron chi connectivity index (χ0n) is 13.7. The molecule has 0 saturated heterocycles. The molecule has 0 aliphatic carbocycles.